The van der Waals surface area contributed by atoms with Gasteiger partial charge in [-0.25, -0.2) is 0 Å². The van der Waals surface area contributed by atoms with Crippen molar-refractivity contribution in [2.45, 2.75) is 71.5 Å². The molecule has 0 aliphatic heterocycles. The third-order valence-corrected chi connectivity index (χ3v) is 5.89. The van der Waals surface area contributed by atoms with Gasteiger partial charge in [-0.15, -0.1) is 0 Å². The van der Waals surface area contributed by atoms with Gasteiger partial charge in [0.05, 0.1) is 0 Å². The Morgan fingerprint density at radius 3 is 2.24 bits per heavy atom. The van der Waals surface area contributed by atoms with E-state index < -0.39 is 0 Å². The first kappa shape index (κ1) is 24.8. The monoisotopic (exact) mass is 451 g/mol. The summed E-state index contributed by atoms with van der Waals surface area (Å²) >= 11 is 0. The number of anilines is 1. The summed E-state index contributed by atoms with van der Waals surface area (Å²) in [7, 11) is 0. The minimum atomic E-state index is -0.216. The number of para-hydroxylation sites is 1. The summed E-state index contributed by atoms with van der Waals surface area (Å²) < 4.78 is 5.49. The van der Waals surface area contributed by atoms with Gasteiger partial charge in [0.15, 0.2) is 6.61 Å². The van der Waals surface area contributed by atoms with Gasteiger partial charge in [-0.1, -0.05) is 51.1 Å². The molecule has 33 heavy (non-hydrogen) atoms. The molecule has 1 saturated carbocycles. The molecule has 0 aromatic heterocycles. The highest BCUT2D eigenvalue weighted by atomic mass is 16.5. The first-order valence-electron chi connectivity index (χ1n) is 11.8. The number of carbonyl (C=O) groups excluding carboxylic acids is 2. The topological polar surface area (TPSA) is 84.7 Å². The van der Waals surface area contributed by atoms with Gasteiger partial charge in [-0.2, -0.15) is 0 Å². The first-order chi connectivity index (χ1) is 15.7. The summed E-state index contributed by atoms with van der Waals surface area (Å²) in [5.41, 5.74) is 7.78. The Morgan fingerprint density at radius 2 is 1.64 bits per heavy atom. The van der Waals surface area contributed by atoms with Gasteiger partial charge in [0.1, 0.15) is 5.75 Å². The molecule has 0 heterocycles. The molecule has 0 atom stereocenters. The quantitative estimate of drug-likeness (QED) is 0.607. The molecule has 6 nitrogen and oxygen atoms in total. The van der Waals surface area contributed by atoms with E-state index in [2.05, 4.69) is 26.1 Å². The lowest BCUT2D eigenvalue weighted by Gasteiger charge is -2.37. The third-order valence-electron chi connectivity index (χ3n) is 5.89. The van der Waals surface area contributed by atoms with Crippen LogP contribution in [0.25, 0.3) is 0 Å². The Bertz CT molecular complexity index is 898. The van der Waals surface area contributed by atoms with Crippen LogP contribution in [0.2, 0.25) is 0 Å². The molecule has 1 aliphatic carbocycles. The number of rotatable bonds is 8. The van der Waals surface area contributed by atoms with Gasteiger partial charge in [-0.05, 0) is 60.9 Å². The number of nitrogens with zero attached hydrogens (tertiary/aromatic N) is 1. The molecule has 3 N–H and O–H groups in total. The van der Waals surface area contributed by atoms with Crippen molar-refractivity contribution in [1.29, 1.82) is 0 Å². The lowest BCUT2D eigenvalue weighted by Crippen LogP contribution is -2.44. The Balaban J connectivity index is 1.59. The van der Waals surface area contributed by atoms with Gasteiger partial charge in [0.25, 0.3) is 5.91 Å². The maximum absolute atomic E-state index is 13.2. The average molecular weight is 452 g/mol. The second kappa shape index (κ2) is 11.3. The van der Waals surface area contributed by atoms with Crippen LogP contribution in [-0.2, 0) is 16.1 Å². The van der Waals surface area contributed by atoms with Gasteiger partial charge in [-0.3, -0.25) is 9.59 Å². The number of hydrogen-bond donors (Lipinski definition) is 2. The number of amides is 2. The molecule has 6 heteroatoms. The molecule has 0 spiro atoms. The normalized spacial score (nSPS) is 18.4. The smallest absolute Gasteiger partial charge is 0.262 e. The van der Waals surface area contributed by atoms with Crippen LogP contribution in [0.1, 0.15) is 58.4 Å². The minimum absolute atomic E-state index is 0.0509. The second-order valence-electron chi connectivity index (χ2n) is 10.2. The Labute approximate surface area is 197 Å². The summed E-state index contributed by atoms with van der Waals surface area (Å²) in [4.78, 5) is 27.4. The number of hydrogen-bond acceptors (Lipinski definition) is 4. The second-order valence-corrected chi connectivity index (χ2v) is 10.2. The van der Waals surface area contributed by atoms with Gasteiger partial charge in [0.2, 0.25) is 5.91 Å². The van der Waals surface area contributed by atoms with Gasteiger partial charge < -0.3 is 20.7 Å². The Morgan fingerprint density at radius 1 is 1.00 bits per heavy atom. The Kier molecular flexibility index (Phi) is 8.50. The standard InChI is InChI=1S/C27H37N3O3/c1-27(2,3)17-26(32)30(23-15-11-21(28)12-16-23)18-20-9-13-22(14-10-20)29-25(31)19-33-24-7-5-4-6-8-24/h4-10,13-14,21,23H,11-12,15-19,28H2,1-3H3,(H,29,31). The zero-order chi connectivity index (χ0) is 23.8. The van der Waals surface area contributed by atoms with Crippen molar-refractivity contribution in [1.82, 2.24) is 4.90 Å². The predicted octanol–water partition coefficient (Wildman–Crippen LogP) is 4.74. The van der Waals surface area contributed by atoms with E-state index in [1.54, 1.807) is 0 Å². The third kappa shape index (κ3) is 8.21. The fourth-order valence-electron chi connectivity index (χ4n) is 4.14. The molecule has 2 aromatic carbocycles. The molecule has 0 bridgehead atoms. The highest BCUT2D eigenvalue weighted by Crippen LogP contribution is 2.28. The molecular formula is C27H37N3O3. The van der Waals surface area contributed by atoms with Gasteiger partial charge >= 0.3 is 0 Å². The van der Waals surface area contributed by atoms with Crippen LogP contribution in [0.3, 0.4) is 0 Å². The zero-order valence-corrected chi connectivity index (χ0v) is 20.0. The molecule has 0 unspecified atom stereocenters. The number of benzene rings is 2. The molecule has 2 aromatic rings. The Hall–Kier alpha value is -2.86. The number of nitrogens with two attached hydrogens (primary N) is 1. The van der Waals surface area contributed by atoms with Crippen LogP contribution >= 0.6 is 0 Å². The minimum Gasteiger partial charge on any atom is -0.484 e. The summed E-state index contributed by atoms with van der Waals surface area (Å²) in [6, 6.07) is 17.4. The van der Waals surface area contributed by atoms with Crippen molar-refractivity contribution in [3.8, 4) is 5.75 Å². The van der Waals surface area contributed by atoms with E-state index >= 15 is 0 Å². The van der Waals surface area contributed by atoms with Crippen LogP contribution in [-0.4, -0.2) is 35.4 Å². The SMILES string of the molecule is CC(C)(C)CC(=O)N(Cc1ccc(NC(=O)COc2ccccc2)cc1)C1CCC(N)CC1. The maximum atomic E-state index is 13.2. The van der Waals surface area contributed by atoms with E-state index in [1.807, 2.05) is 59.5 Å². The number of nitrogens with one attached hydrogen (secondary N) is 1. The average Bonchev–Trinajstić information content (AvgIpc) is 2.77. The van der Waals surface area contributed by atoms with E-state index in [9.17, 15) is 9.59 Å². The van der Waals surface area contributed by atoms with E-state index in [-0.39, 0.29) is 35.9 Å². The lowest BCUT2D eigenvalue weighted by atomic mass is 9.88. The first-order valence-corrected chi connectivity index (χ1v) is 11.8. The molecule has 2 amide bonds. The van der Waals surface area contributed by atoms with Crippen LogP contribution in [0.5, 0.6) is 5.75 Å². The maximum Gasteiger partial charge on any atom is 0.262 e. The van der Waals surface area contributed by atoms with Crippen LogP contribution < -0.4 is 15.8 Å². The van der Waals surface area contributed by atoms with Crippen molar-refractivity contribution >= 4 is 17.5 Å². The summed E-state index contributed by atoms with van der Waals surface area (Å²) in [6.45, 7) is 6.81. The molecule has 1 aliphatic rings. The van der Waals surface area contributed by atoms with Crippen molar-refractivity contribution in [3.05, 3.63) is 60.2 Å². The molecule has 1 fully saturated rings. The van der Waals surface area contributed by atoms with Crippen molar-refractivity contribution in [2.75, 3.05) is 11.9 Å². The zero-order valence-electron chi connectivity index (χ0n) is 20.0. The molecule has 0 radical (unpaired) electrons. The molecule has 0 saturated heterocycles. The van der Waals surface area contributed by atoms with E-state index in [0.717, 1.165) is 31.2 Å². The van der Waals surface area contributed by atoms with Crippen molar-refractivity contribution < 1.29 is 14.3 Å². The number of carbonyl (C=O) groups is 2. The predicted molar refractivity (Wildman–Crippen MR) is 132 cm³/mol. The molecular weight excluding hydrogens is 414 g/mol. The van der Waals surface area contributed by atoms with Crippen LogP contribution in [0.4, 0.5) is 5.69 Å². The number of ether oxygens (including phenoxy) is 1. The van der Waals surface area contributed by atoms with Gasteiger partial charge in [0, 0.05) is 30.7 Å². The molecule has 178 valence electrons. The van der Waals surface area contributed by atoms with Crippen molar-refractivity contribution in [2.24, 2.45) is 11.1 Å². The fraction of sp³-hybridized carbons (Fsp3) is 0.481. The fourth-order valence-corrected chi connectivity index (χ4v) is 4.14. The summed E-state index contributed by atoms with van der Waals surface area (Å²) in [5.74, 6) is 0.636. The largest absolute Gasteiger partial charge is 0.484 e. The van der Waals surface area contributed by atoms with Crippen molar-refractivity contribution in [3.63, 3.8) is 0 Å². The van der Waals surface area contributed by atoms with Crippen LogP contribution in [0, 0.1) is 5.41 Å². The van der Waals surface area contributed by atoms with Crippen LogP contribution in [0.15, 0.2) is 54.6 Å². The van der Waals surface area contributed by atoms with E-state index in [0.29, 0.717) is 24.4 Å². The summed E-state index contributed by atoms with van der Waals surface area (Å²) in [5, 5.41) is 2.86. The highest BCUT2D eigenvalue weighted by Gasteiger charge is 2.30. The van der Waals surface area contributed by atoms with E-state index in [1.165, 1.54) is 0 Å². The summed E-state index contributed by atoms with van der Waals surface area (Å²) in [6.07, 6.45) is 4.34. The lowest BCUT2D eigenvalue weighted by molar-refractivity contribution is -0.137. The highest BCUT2D eigenvalue weighted by molar-refractivity contribution is 5.91. The van der Waals surface area contributed by atoms with E-state index in [4.69, 9.17) is 10.5 Å². The molecule has 3 rings (SSSR count).